The lowest BCUT2D eigenvalue weighted by molar-refractivity contribution is 0.0361. The van der Waals surface area contributed by atoms with Crippen LogP contribution in [0, 0.1) is 5.41 Å². The fourth-order valence-corrected chi connectivity index (χ4v) is 5.98. The molecule has 0 aliphatic carbocycles. The molecule has 1 spiro atoms. The fourth-order valence-electron chi connectivity index (χ4n) is 5.98. The van der Waals surface area contributed by atoms with Crippen molar-refractivity contribution in [2.45, 2.75) is 45.1 Å². The Bertz CT molecular complexity index is 1170. The van der Waals surface area contributed by atoms with Crippen LogP contribution in [0.2, 0.25) is 0 Å². The Labute approximate surface area is 226 Å². The molecule has 1 fully saturated rings. The highest BCUT2D eigenvalue weighted by molar-refractivity contribution is 5.94. The van der Waals surface area contributed by atoms with Gasteiger partial charge in [-0.05, 0) is 79.0 Å². The number of ether oxygens (including phenoxy) is 2. The van der Waals surface area contributed by atoms with E-state index >= 15 is 0 Å². The van der Waals surface area contributed by atoms with E-state index in [4.69, 9.17) is 9.47 Å². The largest absolute Gasteiger partial charge is 0.497 e. The number of likely N-dealkylation sites (tertiary alicyclic amines) is 1. The molecule has 0 N–H and O–H groups in total. The lowest BCUT2D eigenvalue weighted by Crippen LogP contribution is -2.48. The smallest absolute Gasteiger partial charge is 0.253 e. The molecular weight excluding hydrogens is 474 g/mol. The van der Waals surface area contributed by atoms with Crippen molar-refractivity contribution in [3.63, 3.8) is 0 Å². The van der Waals surface area contributed by atoms with Crippen LogP contribution in [0.15, 0.2) is 73.1 Å². The third kappa shape index (κ3) is 6.54. The van der Waals surface area contributed by atoms with Gasteiger partial charge in [0.05, 0.1) is 7.11 Å². The van der Waals surface area contributed by atoms with Crippen molar-refractivity contribution in [3.8, 4) is 11.5 Å². The number of carbonyl (C=O) groups is 1. The van der Waals surface area contributed by atoms with Crippen molar-refractivity contribution in [1.29, 1.82) is 0 Å². The van der Waals surface area contributed by atoms with Crippen LogP contribution < -0.4 is 9.47 Å². The van der Waals surface area contributed by atoms with Crippen LogP contribution in [0.3, 0.4) is 0 Å². The third-order valence-corrected chi connectivity index (χ3v) is 8.20. The molecule has 2 aliphatic rings. The van der Waals surface area contributed by atoms with Gasteiger partial charge >= 0.3 is 0 Å². The quantitative estimate of drug-likeness (QED) is 0.453. The van der Waals surface area contributed by atoms with Crippen molar-refractivity contribution >= 4 is 5.91 Å². The second-order valence-corrected chi connectivity index (χ2v) is 10.8. The van der Waals surface area contributed by atoms with Gasteiger partial charge in [-0.25, -0.2) is 0 Å². The predicted octanol–water partition coefficient (Wildman–Crippen LogP) is 5.62. The summed E-state index contributed by atoms with van der Waals surface area (Å²) in [5.74, 6) is 2.02. The molecule has 2 aromatic carbocycles. The third-order valence-electron chi connectivity index (χ3n) is 8.20. The van der Waals surface area contributed by atoms with Gasteiger partial charge in [0.2, 0.25) is 0 Å². The number of methoxy groups -OCH3 is 1. The highest BCUT2D eigenvalue weighted by Crippen LogP contribution is 2.39. The summed E-state index contributed by atoms with van der Waals surface area (Å²) in [4.78, 5) is 21.8. The van der Waals surface area contributed by atoms with Gasteiger partial charge in [-0.15, -0.1) is 0 Å². The number of para-hydroxylation sites is 1. The summed E-state index contributed by atoms with van der Waals surface area (Å²) >= 11 is 0. The molecule has 0 bridgehead atoms. The van der Waals surface area contributed by atoms with Gasteiger partial charge in [0.15, 0.2) is 0 Å². The maximum absolute atomic E-state index is 13.1. The van der Waals surface area contributed by atoms with Crippen molar-refractivity contribution in [2.75, 3.05) is 39.9 Å². The Morgan fingerprint density at radius 2 is 1.71 bits per heavy atom. The van der Waals surface area contributed by atoms with Gasteiger partial charge in [-0.2, -0.15) is 0 Å². The number of fused-ring (bicyclic) bond motifs is 1. The van der Waals surface area contributed by atoms with Crippen LogP contribution in [0.5, 0.6) is 11.5 Å². The predicted molar refractivity (Wildman–Crippen MR) is 150 cm³/mol. The number of nitrogens with zero attached hydrogens (tertiary/aromatic N) is 3. The number of piperidine rings is 1. The van der Waals surface area contributed by atoms with Crippen LogP contribution in [-0.2, 0) is 13.0 Å². The van der Waals surface area contributed by atoms with Gasteiger partial charge in [-0.1, -0.05) is 36.8 Å². The molecule has 5 rings (SSSR count). The zero-order valence-electron chi connectivity index (χ0n) is 22.5. The number of aryl methyl sites for hydroxylation is 1. The van der Waals surface area contributed by atoms with E-state index in [1.807, 2.05) is 29.2 Å². The van der Waals surface area contributed by atoms with Crippen molar-refractivity contribution in [3.05, 3.63) is 89.7 Å². The molecule has 6 nitrogen and oxygen atoms in total. The van der Waals surface area contributed by atoms with Gasteiger partial charge in [0.25, 0.3) is 5.91 Å². The number of carbonyl (C=O) groups excluding carboxylic acids is 1. The van der Waals surface area contributed by atoms with E-state index in [1.54, 1.807) is 19.5 Å². The van der Waals surface area contributed by atoms with Gasteiger partial charge in [0, 0.05) is 50.7 Å². The minimum Gasteiger partial charge on any atom is -0.497 e. The van der Waals surface area contributed by atoms with E-state index < -0.39 is 0 Å². The molecule has 3 aromatic rings. The summed E-state index contributed by atoms with van der Waals surface area (Å²) in [7, 11) is 1.70. The second-order valence-electron chi connectivity index (χ2n) is 10.8. The van der Waals surface area contributed by atoms with Crippen LogP contribution in [-0.4, -0.2) is 60.6 Å². The van der Waals surface area contributed by atoms with E-state index in [-0.39, 0.29) is 11.3 Å². The minimum atomic E-state index is 0.121. The number of hydrogen-bond acceptors (Lipinski definition) is 5. The summed E-state index contributed by atoms with van der Waals surface area (Å²) < 4.78 is 11.7. The number of rotatable bonds is 4. The van der Waals surface area contributed by atoms with Gasteiger partial charge < -0.3 is 14.4 Å². The molecule has 1 saturated heterocycles. The number of hydrogen-bond donors (Lipinski definition) is 0. The molecule has 0 saturated carbocycles. The van der Waals surface area contributed by atoms with E-state index in [2.05, 4.69) is 46.3 Å². The molecular formula is C32H39N3O3. The molecule has 0 unspecified atom stereocenters. The Balaban J connectivity index is 1.33. The highest BCUT2D eigenvalue weighted by Gasteiger charge is 2.37. The fraction of sp³-hybridized carbons (Fsp3) is 0.438. The van der Waals surface area contributed by atoms with Crippen LogP contribution in [0.4, 0.5) is 0 Å². The summed E-state index contributed by atoms with van der Waals surface area (Å²) in [6, 6.07) is 20.5. The van der Waals surface area contributed by atoms with E-state index in [9.17, 15) is 4.79 Å². The van der Waals surface area contributed by atoms with Crippen LogP contribution in [0.1, 0.15) is 53.6 Å². The minimum absolute atomic E-state index is 0.121. The topological polar surface area (TPSA) is 54.9 Å². The zero-order valence-corrected chi connectivity index (χ0v) is 22.5. The first kappa shape index (κ1) is 26.2. The van der Waals surface area contributed by atoms with Gasteiger partial charge in [0.1, 0.15) is 18.1 Å². The average molecular weight is 514 g/mol. The molecule has 1 amide bonds. The van der Waals surface area contributed by atoms with Crippen LogP contribution in [0.25, 0.3) is 0 Å². The summed E-state index contributed by atoms with van der Waals surface area (Å²) in [6.07, 6.45) is 10.0. The number of amides is 1. The standard InChI is InChI=1S/C32H39N3O3/c1-37-29-11-9-26(10-12-29)24-34-22-23-38-30-8-3-2-6-27(30)7-4-5-15-32(25-34)16-20-35(21-17-32)31(36)28-13-18-33-19-14-28/h2-3,6,8-14,18-19H,4-5,7,15-17,20-25H2,1H3. The van der Waals surface area contributed by atoms with Gasteiger partial charge in [-0.3, -0.25) is 14.7 Å². The molecule has 2 aliphatic heterocycles. The first-order valence-electron chi connectivity index (χ1n) is 13.9. The second kappa shape index (κ2) is 12.4. The Morgan fingerprint density at radius 3 is 2.47 bits per heavy atom. The maximum atomic E-state index is 13.1. The molecule has 0 radical (unpaired) electrons. The normalized spacial score (nSPS) is 18.5. The molecule has 1 aromatic heterocycles. The SMILES string of the molecule is COc1ccc(CN2CCOc3ccccc3CCCCC3(CCN(C(=O)c4ccncc4)CC3)C2)cc1. The van der Waals surface area contributed by atoms with E-state index in [0.29, 0.717) is 6.61 Å². The maximum Gasteiger partial charge on any atom is 0.253 e. The number of pyridine rings is 1. The van der Waals surface area contributed by atoms with Crippen molar-refractivity contribution in [2.24, 2.45) is 5.41 Å². The van der Waals surface area contributed by atoms with Crippen molar-refractivity contribution in [1.82, 2.24) is 14.8 Å². The summed E-state index contributed by atoms with van der Waals surface area (Å²) in [5, 5.41) is 0. The lowest BCUT2D eigenvalue weighted by Gasteiger charge is -2.45. The summed E-state index contributed by atoms with van der Waals surface area (Å²) in [6.45, 7) is 5.02. The highest BCUT2D eigenvalue weighted by atomic mass is 16.5. The monoisotopic (exact) mass is 513 g/mol. The number of aromatic nitrogens is 1. The van der Waals surface area contributed by atoms with E-state index in [1.165, 1.54) is 24.0 Å². The molecule has 200 valence electrons. The molecule has 6 heteroatoms. The van der Waals surface area contributed by atoms with E-state index in [0.717, 1.165) is 75.5 Å². The van der Waals surface area contributed by atoms with Crippen molar-refractivity contribution < 1.29 is 14.3 Å². The lowest BCUT2D eigenvalue weighted by atomic mass is 9.73. The Kier molecular flexibility index (Phi) is 8.59. The first-order valence-corrected chi connectivity index (χ1v) is 13.9. The zero-order chi connectivity index (χ0) is 26.2. The Morgan fingerprint density at radius 1 is 0.947 bits per heavy atom. The van der Waals surface area contributed by atoms with Crippen LogP contribution >= 0.6 is 0 Å². The first-order chi connectivity index (χ1) is 18.6. The Hall–Kier alpha value is -3.38. The summed E-state index contributed by atoms with van der Waals surface area (Å²) in [5.41, 5.74) is 3.51. The molecule has 38 heavy (non-hydrogen) atoms. The average Bonchev–Trinajstić information content (AvgIpc) is 2.96. The number of benzene rings is 2. The molecule has 3 heterocycles. The molecule has 0 atom stereocenters.